The summed E-state index contributed by atoms with van der Waals surface area (Å²) < 4.78 is 14.7. The number of benzene rings is 1. The first kappa shape index (κ1) is 15.9. The monoisotopic (exact) mass is 323 g/mol. The fourth-order valence-corrected chi connectivity index (χ4v) is 2.44. The van der Waals surface area contributed by atoms with Gasteiger partial charge in [0.05, 0.1) is 0 Å². The maximum absolute atomic E-state index is 14.7. The van der Waals surface area contributed by atoms with E-state index in [9.17, 15) is 4.39 Å². The third kappa shape index (κ3) is 3.32. The van der Waals surface area contributed by atoms with Crippen LogP contribution in [0.4, 0.5) is 16.0 Å². The van der Waals surface area contributed by atoms with Crippen molar-refractivity contribution in [3.05, 3.63) is 66.4 Å². The minimum Gasteiger partial charge on any atom is -0.363 e. The van der Waals surface area contributed by atoms with Crippen molar-refractivity contribution in [2.75, 3.05) is 24.3 Å². The number of nitrogens with one attached hydrogen (secondary N) is 1. The Kier molecular flexibility index (Phi) is 4.65. The van der Waals surface area contributed by atoms with E-state index in [1.54, 1.807) is 6.20 Å². The maximum atomic E-state index is 14.7. The van der Waals surface area contributed by atoms with E-state index in [0.717, 1.165) is 16.9 Å². The number of anilines is 2. The molecule has 0 unspecified atom stereocenters. The van der Waals surface area contributed by atoms with Crippen molar-refractivity contribution < 1.29 is 4.39 Å². The minimum atomic E-state index is -0.459. The Morgan fingerprint density at radius 3 is 2.54 bits per heavy atom. The van der Waals surface area contributed by atoms with E-state index in [1.165, 1.54) is 6.33 Å². The zero-order valence-electron chi connectivity index (χ0n) is 13.6. The molecule has 0 saturated carbocycles. The maximum Gasteiger partial charge on any atom is 0.191 e. The summed E-state index contributed by atoms with van der Waals surface area (Å²) in [4.78, 5) is 14.3. The highest BCUT2D eigenvalue weighted by Gasteiger charge is 2.13. The van der Waals surface area contributed by atoms with Crippen molar-refractivity contribution in [3.63, 3.8) is 0 Å². The van der Waals surface area contributed by atoms with Crippen molar-refractivity contribution in [3.8, 4) is 11.3 Å². The first-order valence-electron chi connectivity index (χ1n) is 7.58. The smallest absolute Gasteiger partial charge is 0.191 e. The molecule has 0 aliphatic heterocycles. The second-order valence-corrected chi connectivity index (χ2v) is 5.49. The molecule has 0 radical (unpaired) electrons. The van der Waals surface area contributed by atoms with Crippen LogP contribution >= 0.6 is 0 Å². The molecule has 0 aliphatic carbocycles. The molecule has 0 spiro atoms. The van der Waals surface area contributed by atoms with Crippen LogP contribution in [0.15, 0.2) is 55.0 Å². The minimum absolute atomic E-state index is 0.178. The number of hydrogen-bond donors (Lipinski definition) is 1. The third-order valence-corrected chi connectivity index (χ3v) is 3.57. The van der Waals surface area contributed by atoms with Crippen LogP contribution in [0.2, 0.25) is 0 Å². The molecule has 3 aromatic rings. The second kappa shape index (κ2) is 7.04. The summed E-state index contributed by atoms with van der Waals surface area (Å²) in [6, 6.07) is 13.0. The number of aromatic nitrogens is 3. The Balaban J connectivity index is 1.85. The van der Waals surface area contributed by atoms with Crippen LogP contribution in [-0.4, -0.2) is 29.0 Å². The molecule has 0 amide bonds. The topological polar surface area (TPSA) is 53.9 Å². The highest BCUT2D eigenvalue weighted by molar-refractivity contribution is 5.63. The van der Waals surface area contributed by atoms with Gasteiger partial charge in [0.1, 0.15) is 17.8 Å². The lowest BCUT2D eigenvalue weighted by Crippen LogP contribution is -2.15. The standard InChI is InChI=1S/C18H18FN5/c1-24(2)18-14(9-6-10-20-18)11-21-17-15(19)16(22-12-23-17)13-7-4-3-5-8-13/h3-10,12H,11H2,1-2H3,(H,21,22,23). The second-order valence-electron chi connectivity index (χ2n) is 5.49. The normalized spacial score (nSPS) is 10.5. The van der Waals surface area contributed by atoms with Gasteiger partial charge in [0.15, 0.2) is 11.6 Å². The summed E-state index contributed by atoms with van der Waals surface area (Å²) >= 11 is 0. The van der Waals surface area contributed by atoms with Gasteiger partial charge in [-0.05, 0) is 6.07 Å². The van der Waals surface area contributed by atoms with Crippen LogP contribution in [0.25, 0.3) is 11.3 Å². The molecule has 6 heteroatoms. The Bertz CT molecular complexity index is 821. The Hall–Kier alpha value is -3.02. The van der Waals surface area contributed by atoms with Gasteiger partial charge in [-0.2, -0.15) is 0 Å². The first-order chi connectivity index (χ1) is 11.7. The van der Waals surface area contributed by atoms with Crippen molar-refractivity contribution >= 4 is 11.6 Å². The largest absolute Gasteiger partial charge is 0.363 e. The van der Waals surface area contributed by atoms with Crippen molar-refractivity contribution in [2.24, 2.45) is 0 Å². The van der Waals surface area contributed by atoms with Crippen LogP contribution < -0.4 is 10.2 Å². The molecule has 0 saturated heterocycles. The SMILES string of the molecule is CN(C)c1ncccc1CNc1ncnc(-c2ccccc2)c1F. The summed E-state index contributed by atoms with van der Waals surface area (Å²) in [5, 5.41) is 3.04. The third-order valence-electron chi connectivity index (χ3n) is 3.57. The van der Waals surface area contributed by atoms with E-state index < -0.39 is 5.82 Å². The lowest BCUT2D eigenvalue weighted by molar-refractivity contribution is 0.621. The van der Waals surface area contributed by atoms with Gasteiger partial charge in [0, 0.05) is 38.0 Å². The predicted octanol–water partition coefficient (Wildman–Crippen LogP) is 3.36. The van der Waals surface area contributed by atoms with Crippen molar-refractivity contribution in [1.29, 1.82) is 0 Å². The fraction of sp³-hybridized carbons (Fsp3) is 0.167. The van der Waals surface area contributed by atoms with E-state index in [4.69, 9.17) is 0 Å². The molecule has 24 heavy (non-hydrogen) atoms. The predicted molar refractivity (Wildman–Crippen MR) is 93.3 cm³/mol. The summed E-state index contributed by atoms with van der Waals surface area (Å²) in [6.07, 6.45) is 3.10. The number of hydrogen-bond acceptors (Lipinski definition) is 5. The molecular formula is C18H18FN5. The average molecular weight is 323 g/mol. The lowest BCUT2D eigenvalue weighted by Gasteiger charge is -2.16. The number of nitrogens with zero attached hydrogens (tertiary/aromatic N) is 4. The summed E-state index contributed by atoms with van der Waals surface area (Å²) in [5.74, 6) is 0.555. The first-order valence-corrected chi connectivity index (χ1v) is 7.58. The van der Waals surface area contributed by atoms with Gasteiger partial charge in [-0.1, -0.05) is 36.4 Å². The molecule has 122 valence electrons. The number of halogens is 1. The molecule has 0 aliphatic rings. The molecule has 0 atom stereocenters. The highest BCUT2D eigenvalue weighted by atomic mass is 19.1. The van der Waals surface area contributed by atoms with Gasteiger partial charge in [-0.3, -0.25) is 0 Å². The van der Waals surface area contributed by atoms with Crippen LogP contribution in [0, 0.1) is 5.82 Å². The van der Waals surface area contributed by atoms with Gasteiger partial charge in [-0.25, -0.2) is 19.3 Å². The zero-order valence-corrected chi connectivity index (χ0v) is 13.6. The van der Waals surface area contributed by atoms with E-state index >= 15 is 0 Å². The lowest BCUT2D eigenvalue weighted by atomic mass is 10.1. The Labute approximate surface area is 140 Å². The molecule has 0 bridgehead atoms. The van der Waals surface area contributed by atoms with Crippen LogP contribution in [-0.2, 0) is 6.54 Å². The van der Waals surface area contributed by atoms with Gasteiger partial charge >= 0.3 is 0 Å². The quantitative estimate of drug-likeness (QED) is 0.780. The molecular weight excluding hydrogens is 305 g/mol. The number of rotatable bonds is 5. The van der Waals surface area contributed by atoms with E-state index in [-0.39, 0.29) is 11.5 Å². The van der Waals surface area contributed by atoms with E-state index in [1.807, 2.05) is 61.5 Å². The number of pyridine rings is 1. The summed E-state index contributed by atoms with van der Waals surface area (Å²) in [5.41, 5.74) is 1.96. The summed E-state index contributed by atoms with van der Waals surface area (Å²) in [7, 11) is 3.84. The molecule has 1 N–H and O–H groups in total. The van der Waals surface area contributed by atoms with Crippen LogP contribution in [0.1, 0.15) is 5.56 Å². The van der Waals surface area contributed by atoms with Gasteiger partial charge in [0.2, 0.25) is 0 Å². The fourth-order valence-electron chi connectivity index (χ4n) is 2.44. The average Bonchev–Trinajstić information content (AvgIpc) is 2.62. The highest BCUT2D eigenvalue weighted by Crippen LogP contribution is 2.24. The van der Waals surface area contributed by atoms with Gasteiger partial charge in [0.25, 0.3) is 0 Å². The van der Waals surface area contributed by atoms with Crippen molar-refractivity contribution in [2.45, 2.75) is 6.54 Å². The van der Waals surface area contributed by atoms with Crippen LogP contribution in [0.3, 0.4) is 0 Å². The summed E-state index contributed by atoms with van der Waals surface area (Å²) in [6.45, 7) is 0.420. The zero-order chi connectivity index (χ0) is 16.9. The van der Waals surface area contributed by atoms with E-state index in [2.05, 4.69) is 20.3 Å². The molecule has 5 nitrogen and oxygen atoms in total. The van der Waals surface area contributed by atoms with E-state index in [0.29, 0.717) is 6.54 Å². The van der Waals surface area contributed by atoms with Crippen LogP contribution in [0.5, 0.6) is 0 Å². The molecule has 0 fully saturated rings. The van der Waals surface area contributed by atoms with Gasteiger partial charge < -0.3 is 10.2 Å². The molecule has 1 aromatic carbocycles. The van der Waals surface area contributed by atoms with Crippen molar-refractivity contribution in [1.82, 2.24) is 15.0 Å². The molecule has 2 heterocycles. The Morgan fingerprint density at radius 2 is 1.79 bits per heavy atom. The van der Waals surface area contributed by atoms with Gasteiger partial charge in [-0.15, -0.1) is 0 Å². The molecule has 2 aromatic heterocycles. The Morgan fingerprint density at radius 1 is 1.00 bits per heavy atom. The molecule has 3 rings (SSSR count).